The molecule has 0 bridgehead atoms. The van der Waals surface area contributed by atoms with Crippen molar-refractivity contribution in [3.8, 4) is 0 Å². The summed E-state index contributed by atoms with van der Waals surface area (Å²) in [5.41, 5.74) is 6.23. The molecule has 3 nitrogen and oxygen atoms in total. The molecular formula is C15H32N2O. The zero-order valence-corrected chi connectivity index (χ0v) is 12.6. The summed E-state index contributed by atoms with van der Waals surface area (Å²) in [5, 5.41) is 0. The first-order valence-electron chi connectivity index (χ1n) is 7.73. The van der Waals surface area contributed by atoms with Gasteiger partial charge in [-0.15, -0.1) is 0 Å². The number of nitrogens with zero attached hydrogens (tertiary/aromatic N) is 1. The standard InChI is InChI=1S/C15H32N2O/c1-4-6-7-8-9-15(3,13-16)17-10-11-18-14(5-2)12-17/h14H,4-13,16H2,1-3H3. The number of unbranched alkanes of at least 4 members (excludes halogenated alkanes) is 3. The van der Waals surface area contributed by atoms with E-state index in [2.05, 4.69) is 25.7 Å². The number of hydrogen-bond donors (Lipinski definition) is 1. The molecule has 0 saturated carbocycles. The van der Waals surface area contributed by atoms with Gasteiger partial charge in [0.05, 0.1) is 12.7 Å². The van der Waals surface area contributed by atoms with Crippen LogP contribution in [0.1, 0.15) is 59.3 Å². The van der Waals surface area contributed by atoms with E-state index in [0.717, 1.165) is 32.7 Å². The van der Waals surface area contributed by atoms with Gasteiger partial charge in [-0.3, -0.25) is 4.90 Å². The van der Waals surface area contributed by atoms with Gasteiger partial charge in [0.2, 0.25) is 0 Å². The topological polar surface area (TPSA) is 38.5 Å². The van der Waals surface area contributed by atoms with Crippen LogP contribution in [0.3, 0.4) is 0 Å². The first kappa shape index (κ1) is 15.9. The first-order chi connectivity index (χ1) is 8.66. The smallest absolute Gasteiger partial charge is 0.0700 e. The fourth-order valence-electron chi connectivity index (χ4n) is 2.78. The van der Waals surface area contributed by atoms with Gasteiger partial charge >= 0.3 is 0 Å². The van der Waals surface area contributed by atoms with Crippen molar-refractivity contribution in [2.75, 3.05) is 26.2 Å². The predicted octanol–water partition coefficient (Wildman–Crippen LogP) is 2.79. The van der Waals surface area contributed by atoms with Crippen molar-refractivity contribution in [1.29, 1.82) is 0 Å². The average molecular weight is 256 g/mol. The maximum atomic E-state index is 6.06. The Labute approximate surface area is 113 Å². The van der Waals surface area contributed by atoms with Gasteiger partial charge < -0.3 is 10.5 Å². The molecule has 0 aromatic rings. The Balaban J connectivity index is 2.45. The molecule has 0 radical (unpaired) electrons. The number of hydrogen-bond acceptors (Lipinski definition) is 3. The molecule has 0 spiro atoms. The van der Waals surface area contributed by atoms with Crippen LogP contribution in [0.2, 0.25) is 0 Å². The van der Waals surface area contributed by atoms with E-state index in [9.17, 15) is 0 Å². The fourth-order valence-corrected chi connectivity index (χ4v) is 2.78. The Morgan fingerprint density at radius 3 is 2.67 bits per heavy atom. The summed E-state index contributed by atoms with van der Waals surface area (Å²) in [6.07, 6.45) is 8.02. The van der Waals surface area contributed by atoms with Crippen LogP contribution in [0.25, 0.3) is 0 Å². The van der Waals surface area contributed by atoms with E-state index in [1.165, 1.54) is 32.1 Å². The van der Waals surface area contributed by atoms with E-state index in [-0.39, 0.29) is 5.54 Å². The van der Waals surface area contributed by atoms with Crippen molar-refractivity contribution in [3.63, 3.8) is 0 Å². The zero-order chi connectivity index (χ0) is 13.4. The quantitative estimate of drug-likeness (QED) is 0.679. The Morgan fingerprint density at radius 2 is 2.06 bits per heavy atom. The van der Waals surface area contributed by atoms with Gasteiger partial charge in [-0.05, 0) is 19.8 Å². The van der Waals surface area contributed by atoms with Crippen LogP contribution in [-0.4, -0.2) is 42.8 Å². The third-order valence-electron chi connectivity index (χ3n) is 4.37. The van der Waals surface area contributed by atoms with E-state index in [0.29, 0.717) is 6.10 Å². The normalized spacial score (nSPS) is 25.0. The summed E-state index contributed by atoms with van der Waals surface area (Å²) >= 11 is 0. The summed E-state index contributed by atoms with van der Waals surface area (Å²) in [4.78, 5) is 2.57. The van der Waals surface area contributed by atoms with Gasteiger partial charge in [0.15, 0.2) is 0 Å². The molecule has 1 saturated heterocycles. The second kappa shape index (κ2) is 8.13. The molecule has 1 heterocycles. The molecule has 18 heavy (non-hydrogen) atoms. The minimum absolute atomic E-state index is 0.172. The Hall–Kier alpha value is -0.120. The van der Waals surface area contributed by atoms with E-state index in [4.69, 9.17) is 10.5 Å². The highest BCUT2D eigenvalue weighted by Crippen LogP contribution is 2.25. The molecule has 3 heteroatoms. The Kier molecular flexibility index (Phi) is 7.20. The third-order valence-corrected chi connectivity index (χ3v) is 4.37. The molecule has 0 aromatic heterocycles. The minimum Gasteiger partial charge on any atom is -0.376 e. The van der Waals surface area contributed by atoms with E-state index in [1.54, 1.807) is 0 Å². The summed E-state index contributed by atoms with van der Waals surface area (Å²) in [7, 11) is 0. The van der Waals surface area contributed by atoms with Crippen molar-refractivity contribution in [2.24, 2.45) is 5.73 Å². The van der Waals surface area contributed by atoms with Crippen molar-refractivity contribution in [3.05, 3.63) is 0 Å². The second-order valence-electron chi connectivity index (χ2n) is 5.86. The molecule has 1 fully saturated rings. The second-order valence-corrected chi connectivity index (χ2v) is 5.86. The molecule has 2 atom stereocenters. The molecule has 1 aliphatic rings. The number of morpholine rings is 1. The molecule has 0 aliphatic carbocycles. The number of rotatable bonds is 8. The highest BCUT2D eigenvalue weighted by atomic mass is 16.5. The summed E-state index contributed by atoms with van der Waals surface area (Å²) in [6.45, 7) is 10.5. The molecule has 108 valence electrons. The lowest BCUT2D eigenvalue weighted by atomic mass is 9.91. The predicted molar refractivity (Wildman–Crippen MR) is 77.8 cm³/mol. The van der Waals surface area contributed by atoms with Gasteiger partial charge in [-0.1, -0.05) is 39.5 Å². The van der Waals surface area contributed by atoms with Crippen LogP contribution in [-0.2, 0) is 4.74 Å². The zero-order valence-electron chi connectivity index (χ0n) is 12.6. The largest absolute Gasteiger partial charge is 0.376 e. The van der Waals surface area contributed by atoms with E-state index < -0.39 is 0 Å². The van der Waals surface area contributed by atoms with Gasteiger partial charge in [0.25, 0.3) is 0 Å². The number of nitrogens with two attached hydrogens (primary N) is 1. The average Bonchev–Trinajstić information content (AvgIpc) is 2.43. The molecular weight excluding hydrogens is 224 g/mol. The van der Waals surface area contributed by atoms with Gasteiger partial charge in [-0.25, -0.2) is 0 Å². The molecule has 1 aliphatic heterocycles. The molecule has 0 amide bonds. The maximum Gasteiger partial charge on any atom is 0.0700 e. The molecule has 1 rings (SSSR count). The highest BCUT2D eigenvalue weighted by molar-refractivity contribution is 4.90. The lowest BCUT2D eigenvalue weighted by molar-refractivity contribution is -0.0672. The van der Waals surface area contributed by atoms with Crippen molar-refractivity contribution in [1.82, 2.24) is 4.90 Å². The first-order valence-corrected chi connectivity index (χ1v) is 7.73. The van der Waals surface area contributed by atoms with Crippen LogP contribution >= 0.6 is 0 Å². The van der Waals surface area contributed by atoms with Crippen LogP contribution in [0, 0.1) is 0 Å². The third kappa shape index (κ3) is 4.52. The minimum atomic E-state index is 0.172. The van der Waals surface area contributed by atoms with Gasteiger partial charge in [0, 0.05) is 25.2 Å². The summed E-state index contributed by atoms with van der Waals surface area (Å²) in [6, 6.07) is 0. The van der Waals surface area contributed by atoms with Crippen molar-refractivity contribution >= 4 is 0 Å². The fraction of sp³-hybridized carbons (Fsp3) is 1.00. The van der Waals surface area contributed by atoms with Crippen molar-refractivity contribution in [2.45, 2.75) is 70.9 Å². The van der Waals surface area contributed by atoms with E-state index in [1.807, 2.05) is 0 Å². The van der Waals surface area contributed by atoms with E-state index >= 15 is 0 Å². The van der Waals surface area contributed by atoms with Crippen LogP contribution in [0.4, 0.5) is 0 Å². The van der Waals surface area contributed by atoms with Crippen LogP contribution in [0.5, 0.6) is 0 Å². The molecule has 2 unspecified atom stereocenters. The van der Waals surface area contributed by atoms with Crippen LogP contribution < -0.4 is 5.73 Å². The number of ether oxygens (including phenoxy) is 1. The maximum absolute atomic E-state index is 6.06. The van der Waals surface area contributed by atoms with Crippen LogP contribution in [0.15, 0.2) is 0 Å². The lowest BCUT2D eigenvalue weighted by Crippen LogP contribution is -2.57. The van der Waals surface area contributed by atoms with Gasteiger partial charge in [-0.2, -0.15) is 0 Å². The van der Waals surface area contributed by atoms with Gasteiger partial charge in [0.1, 0.15) is 0 Å². The Bertz CT molecular complexity index is 223. The highest BCUT2D eigenvalue weighted by Gasteiger charge is 2.33. The Morgan fingerprint density at radius 1 is 1.28 bits per heavy atom. The molecule has 0 aromatic carbocycles. The summed E-state index contributed by atoms with van der Waals surface area (Å²) < 4.78 is 5.76. The van der Waals surface area contributed by atoms with Crippen molar-refractivity contribution < 1.29 is 4.74 Å². The SMILES string of the molecule is CCCCCCC(C)(CN)N1CCOC(CC)C1. The summed E-state index contributed by atoms with van der Waals surface area (Å²) in [5.74, 6) is 0. The monoisotopic (exact) mass is 256 g/mol. The lowest BCUT2D eigenvalue weighted by Gasteiger charge is -2.45. The molecule has 2 N–H and O–H groups in total.